The average Bonchev–Trinajstić information content (AvgIpc) is 2.63. The van der Waals surface area contributed by atoms with E-state index in [9.17, 15) is 9.50 Å². The first-order valence-corrected chi connectivity index (χ1v) is 6.89. The minimum absolute atomic E-state index is 0.0964. The lowest BCUT2D eigenvalue weighted by Crippen LogP contribution is -2.26. The molecule has 18 heavy (non-hydrogen) atoms. The standard InChI is InChI=1S/C15H22FNO/c1-2-12-5-4-9-17(10-8-12)15-13(11-18)6-3-7-14(15)16/h3,6-7,12,18H,2,4-5,8-11H2,1H3. The lowest BCUT2D eigenvalue weighted by Gasteiger charge is -2.25. The quantitative estimate of drug-likeness (QED) is 0.890. The summed E-state index contributed by atoms with van der Waals surface area (Å²) >= 11 is 0. The molecule has 3 heteroatoms. The van der Waals surface area contributed by atoms with Crippen LogP contribution in [0.1, 0.15) is 38.2 Å². The molecular weight excluding hydrogens is 229 g/mol. The summed E-state index contributed by atoms with van der Waals surface area (Å²) in [6, 6.07) is 4.95. The fourth-order valence-corrected chi connectivity index (χ4v) is 2.84. The minimum atomic E-state index is -0.212. The molecule has 0 amide bonds. The molecule has 1 aromatic carbocycles. The van der Waals surface area contributed by atoms with Crippen LogP contribution >= 0.6 is 0 Å². The zero-order valence-corrected chi connectivity index (χ0v) is 11.0. The predicted molar refractivity (Wildman–Crippen MR) is 72.2 cm³/mol. The van der Waals surface area contributed by atoms with Gasteiger partial charge in [0.2, 0.25) is 0 Å². The molecule has 0 radical (unpaired) electrons. The summed E-state index contributed by atoms with van der Waals surface area (Å²) in [5.74, 6) is 0.552. The number of aliphatic hydroxyl groups excluding tert-OH is 1. The van der Waals surface area contributed by atoms with Gasteiger partial charge in [-0.15, -0.1) is 0 Å². The number of aliphatic hydroxyl groups is 1. The van der Waals surface area contributed by atoms with Crippen molar-refractivity contribution in [3.8, 4) is 0 Å². The van der Waals surface area contributed by atoms with Crippen molar-refractivity contribution in [3.05, 3.63) is 29.6 Å². The molecule has 1 saturated heterocycles. The number of anilines is 1. The van der Waals surface area contributed by atoms with Crippen LogP contribution in [-0.2, 0) is 6.61 Å². The highest BCUT2D eigenvalue weighted by molar-refractivity contribution is 5.54. The van der Waals surface area contributed by atoms with Gasteiger partial charge >= 0.3 is 0 Å². The van der Waals surface area contributed by atoms with Gasteiger partial charge in [-0.3, -0.25) is 0 Å². The maximum Gasteiger partial charge on any atom is 0.146 e. The Morgan fingerprint density at radius 1 is 1.33 bits per heavy atom. The second-order valence-electron chi connectivity index (χ2n) is 5.10. The summed E-state index contributed by atoms with van der Waals surface area (Å²) in [6.45, 7) is 3.92. The van der Waals surface area contributed by atoms with Crippen LogP contribution < -0.4 is 4.90 Å². The van der Waals surface area contributed by atoms with E-state index in [0.717, 1.165) is 31.8 Å². The molecule has 0 saturated carbocycles. The topological polar surface area (TPSA) is 23.5 Å². The highest BCUT2D eigenvalue weighted by Gasteiger charge is 2.20. The summed E-state index contributed by atoms with van der Waals surface area (Å²) in [5, 5.41) is 9.35. The Morgan fingerprint density at radius 3 is 2.89 bits per heavy atom. The van der Waals surface area contributed by atoms with E-state index < -0.39 is 0 Å². The SMILES string of the molecule is CCC1CCCN(c2c(F)cccc2CO)CC1. The van der Waals surface area contributed by atoms with Crippen LogP contribution in [0.2, 0.25) is 0 Å². The fraction of sp³-hybridized carbons (Fsp3) is 0.600. The Hall–Kier alpha value is -1.09. The highest BCUT2D eigenvalue weighted by Crippen LogP contribution is 2.29. The fourth-order valence-electron chi connectivity index (χ4n) is 2.84. The first kappa shape index (κ1) is 13.3. The van der Waals surface area contributed by atoms with E-state index in [0.29, 0.717) is 11.3 Å². The average molecular weight is 251 g/mol. The maximum absolute atomic E-state index is 14.0. The van der Waals surface area contributed by atoms with Gasteiger partial charge in [-0.1, -0.05) is 25.5 Å². The molecule has 1 N–H and O–H groups in total. The molecule has 2 rings (SSSR count). The summed E-state index contributed by atoms with van der Waals surface area (Å²) < 4.78 is 14.0. The van der Waals surface area contributed by atoms with Crippen molar-refractivity contribution < 1.29 is 9.50 Å². The summed E-state index contributed by atoms with van der Waals surface area (Å²) in [4.78, 5) is 2.11. The van der Waals surface area contributed by atoms with Crippen molar-refractivity contribution in [1.29, 1.82) is 0 Å². The van der Waals surface area contributed by atoms with Gasteiger partial charge in [0.1, 0.15) is 5.82 Å². The lowest BCUT2D eigenvalue weighted by atomic mass is 9.98. The second-order valence-corrected chi connectivity index (χ2v) is 5.10. The number of hydrogen-bond acceptors (Lipinski definition) is 2. The molecule has 1 fully saturated rings. The number of para-hydroxylation sites is 1. The van der Waals surface area contributed by atoms with Gasteiger partial charge in [0.05, 0.1) is 12.3 Å². The Bertz CT molecular complexity index is 394. The van der Waals surface area contributed by atoms with Crippen LogP contribution in [0.15, 0.2) is 18.2 Å². The molecule has 1 unspecified atom stereocenters. The molecule has 0 aromatic heterocycles. The van der Waals surface area contributed by atoms with E-state index in [1.54, 1.807) is 12.1 Å². The van der Waals surface area contributed by atoms with E-state index in [1.165, 1.54) is 18.9 Å². The Labute approximate surface area is 108 Å². The Balaban J connectivity index is 2.20. The number of benzene rings is 1. The third-order valence-corrected chi connectivity index (χ3v) is 3.98. The van der Waals surface area contributed by atoms with Crippen LogP contribution in [0.4, 0.5) is 10.1 Å². The predicted octanol–water partition coefficient (Wildman–Crippen LogP) is 3.33. The van der Waals surface area contributed by atoms with Crippen LogP contribution in [0.25, 0.3) is 0 Å². The smallest absolute Gasteiger partial charge is 0.146 e. The molecule has 2 nitrogen and oxygen atoms in total. The molecule has 0 aliphatic carbocycles. The normalized spacial score (nSPS) is 20.8. The molecule has 0 spiro atoms. The summed E-state index contributed by atoms with van der Waals surface area (Å²) in [6.07, 6.45) is 4.67. The highest BCUT2D eigenvalue weighted by atomic mass is 19.1. The molecule has 0 bridgehead atoms. The number of nitrogens with zero attached hydrogens (tertiary/aromatic N) is 1. The monoisotopic (exact) mass is 251 g/mol. The summed E-state index contributed by atoms with van der Waals surface area (Å²) in [5.41, 5.74) is 1.31. The molecule has 1 heterocycles. The first-order valence-electron chi connectivity index (χ1n) is 6.89. The molecular formula is C15H22FNO. The van der Waals surface area contributed by atoms with Gasteiger partial charge in [0.15, 0.2) is 0 Å². The van der Waals surface area contributed by atoms with Crippen molar-refractivity contribution in [1.82, 2.24) is 0 Å². The van der Waals surface area contributed by atoms with E-state index in [4.69, 9.17) is 0 Å². The van der Waals surface area contributed by atoms with Gasteiger partial charge in [-0.25, -0.2) is 4.39 Å². The van der Waals surface area contributed by atoms with Gasteiger partial charge < -0.3 is 10.0 Å². The number of hydrogen-bond donors (Lipinski definition) is 1. The molecule has 1 aromatic rings. The number of rotatable bonds is 3. The van der Waals surface area contributed by atoms with E-state index in [1.807, 2.05) is 0 Å². The van der Waals surface area contributed by atoms with E-state index in [-0.39, 0.29) is 12.4 Å². The third kappa shape index (κ3) is 2.83. The van der Waals surface area contributed by atoms with Gasteiger partial charge in [0.25, 0.3) is 0 Å². The van der Waals surface area contributed by atoms with Crippen molar-refractivity contribution >= 4 is 5.69 Å². The van der Waals surface area contributed by atoms with Crippen molar-refractivity contribution in [3.63, 3.8) is 0 Å². The van der Waals surface area contributed by atoms with Crippen LogP contribution in [0, 0.1) is 11.7 Å². The largest absolute Gasteiger partial charge is 0.392 e. The molecule has 1 atom stereocenters. The van der Waals surface area contributed by atoms with Gasteiger partial charge in [-0.05, 0) is 31.2 Å². The molecule has 100 valence electrons. The second kappa shape index (κ2) is 6.19. The van der Waals surface area contributed by atoms with Crippen molar-refractivity contribution in [2.45, 2.75) is 39.2 Å². The first-order chi connectivity index (χ1) is 8.76. The van der Waals surface area contributed by atoms with E-state index in [2.05, 4.69) is 11.8 Å². The molecule has 1 aliphatic rings. The van der Waals surface area contributed by atoms with Gasteiger partial charge in [-0.2, -0.15) is 0 Å². The van der Waals surface area contributed by atoms with Crippen LogP contribution in [0.3, 0.4) is 0 Å². The number of halogens is 1. The Kier molecular flexibility index (Phi) is 4.59. The van der Waals surface area contributed by atoms with Crippen molar-refractivity contribution in [2.24, 2.45) is 5.92 Å². The summed E-state index contributed by atoms with van der Waals surface area (Å²) in [7, 11) is 0. The molecule has 1 aliphatic heterocycles. The lowest BCUT2D eigenvalue weighted by molar-refractivity contribution is 0.281. The zero-order chi connectivity index (χ0) is 13.0. The van der Waals surface area contributed by atoms with Crippen LogP contribution in [-0.4, -0.2) is 18.2 Å². The minimum Gasteiger partial charge on any atom is -0.392 e. The Morgan fingerprint density at radius 2 is 2.17 bits per heavy atom. The zero-order valence-electron chi connectivity index (χ0n) is 11.0. The van der Waals surface area contributed by atoms with Crippen LogP contribution in [0.5, 0.6) is 0 Å². The van der Waals surface area contributed by atoms with E-state index >= 15 is 0 Å². The third-order valence-electron chi connectivity index (χ3n) is 3.98. The van der Waals surface area contributed by atoms with Gasteiger partial charge in [0, 0.05) is 18.7 Å². The maximum atomic E-state index is 14.0. The van der Waals surface area contributed by atoms with Crippen molar-refractivity contribution in [2.75, 3.05) is 18.0 Å².